The molecule has 1 N–H and O–H groups in total. The lowest BCUT2D eigenvalue weighted by molar-refractivity contribution is -0.870. The Hall–Kier alpha value is 1.35. The highest BCUT2D eigenvalue weighted by Gasteiger charge is 2.73. The van der Waals surface area contributed by atoms with E-state index in [9.17, 15) is 0 Å². The first-order valence-electron chi connectivity index (χ1n) is 12.1. The van der Waals surface area contributed by atoms with E-state index >= 15 is 0 Å². The number of hydrogen-bond donors (Lipinski definition) is 1. The molecule has 0 aromatic rings. The number of nitrogens with zero attached hydrogens (tertiary/aromatic N) is 1. The first kappa shape index (κ1) is 35.5. The summed E-state index contributed by atoms with van der Waals surface area (Å²) in [7, 11) is -18.5. The highest BCUT2D eigenvalue weighted by molar-refractivity contribution is 6.99. The zero-order valence-corrected chi connectivity index (χ0v) is 34.8. The highest BCUT2D eigenvalue weighted by atomic mass is 28.6. The summed E-state index contributed by atoms with van der Waals surface area (Å²) >= 11 is 0. The second kappa shape index (κ2) is 12.2. The van der Waals surface area contributed by atoms with Crippen molar-refractivity contribution >= 4 is 81.4 Å². The lowest BCUT2D eigenvalue weighted by atomic mass is 10.5. The van der Waals surface area contributed by atoms with E-state index in [0.717, 1.165) is 18.1 Å². The number of rotatable bonds is 3. The summed E-state index contributed by atoms with van der Waals surface area (Å²) in [6.45, 7) is 15.4. The molecule has 0 saturated carbocycles. The average Bonchev–Trinajstić information content (AvgIpc) is 2.62. The van der Waals surface area contributed by atoms with Crippen LogP contribution in [-0.4, -0.2) is 132 Å². The third kappa shape index (κ3) is 9.43. The van der Waals surface area contributed by atoms with Crippen LogP contribution in [0.25, 0.3) is 0 Å². The van der Waals surface area contributed by atoms with Crippen LogP contribution in [0.15, 0.2) is 0 Å². The lowest BCUT2D eigenvalue weighted by Gasteiger charge is -2.56. The van der Waals surface area contributed by atoms with E-state index in [1.807, 2.05) is 6.55 Å². The van der Waals surface area contributed by atoms with Crippen molar-refractivity contribution in [1.29, 1.82) is 0 Å². The Labute approximate surface area is 238 Å². The summed E-state index contributed by atoms with van der Waals surface area (Å²) in [6.07, 6.45) is 0. The van der Waals surface area contributed by atoms with E-state index in [1.165, 1.54) is 0 Å². The SMILES string of the molecule is C[N+](C)(C)CCO.C[O-].C[SiH]1O[Si]2(C)O[Si]3(C)O[Si](C)(O[SiH3])O[Si]4(C)O[Si](C)(O1)O[Si](C)(O2)O[Si](C)(O3)O4. The van der Waals surface area contributed by atoms with Gasteiger partial charge in [0.05, 0.1) is 27.7 Å². The maximum atomic E-state index is 8.39. The Morgan fingerprint density at radius 1 is 0.658 bits per heavy atom. The second-order valence-electron chi connectivity index (χ2n) is 10.7. The third-order valence-electron chi connectivity index (χ3n) is 5.24. The molecule has 0 radical (unpaired) electrons. The van der Waals surface area contributed by atoms with Crippen molar-refractivity contribution in [2.24, 2.45) is 0 Å². The standard InChI is InChI=1S/C8H28O12Si9.C5H14NO.CH3O/c1-22-10-24(3)14-26(5)12-23(2,9-21)13-27(6)15-25(4,11-22)17-28(7,16-24)20-29(8,18-26)19-27;1-6(2,3)4-5-7;1-2/h22H,1-8,21H3;7H,4-5H2,1-3H3;1H3/q;+1;-1. The van der Waals surface area contributed by atoms with Crippen LogP contribution in [0, 0.1) is 0 Å². The Morgan fingerprint density at radius 2 is 0.947 bits per heavy atom. The van der Waals surface area contributed by atoms with Gasteiger partial charge in [0.2, 0.25) is 0 Å². The van der Waals surface area contributed by atoms with E-state index in [0.29, 0.717) is 10.5 Å². The summed E-state index contributed by atoms with van der Waals surface area (Å²) in [5, 5.41) is 16.6. The minimum Gasteiger partial charge on any atom is -0.857 e. The smallest absolute Gasteiger partial charge is 0.475 e. The van der Waals surface area contributed by atoms with Crippen LogP contribution in [0.4, 0.5) is 0 Å². The summed E-state index contributed by atoms with van der Waals surface area (Å²) in [6, 6.07) is 0. The van der Waals surface area contributed by atoms with Gasteiger partial charge >= 0.3 is 70.9 Å². The molecule has 4 fully saturated rings. The Kier molecular flexibility index (Phi) is 11.4. The normalized spacial score (nSPS) is 48.6. The number of hydrogen-bond acceptors (Lipinski definition) is 14. The first-order valence-corrected chi connectivity index (χ1v) is 30.6. The van der Waals surface area contributed by atoms with E-state index in [2.05, 4.69) is 21.1 Å². The molecule has 226 valence electrons. The molecule has 0 aliphatic carbocycles. The van der Waals surface area contributed by atoms with Crippen LogP contribution >= 0.6 is 0 Å². The molecule has 4 atom stereocenters. The molecule has 0 amide bonds. The van der Waals surface area contributed by atoms with Gasteiger partial charge in [-0.2, -0.15) is 7.11 Å². The summed E-state index contributed by atoms with van der Waals surface area (Å²) in [5.74, 6) is 0. The fourth-order valence-electron chi connectivity index (χ4n) is 4.45. The van der Waals surface area contributed by atoms with E-state index in [-0.39, 0.29) is 6.61 Å². The third-order valence-corrected chi connectivity index (χ3v) is 41.0. The quantitative estimate of drug-likeness (QED) is 0.255. The molecule has 15 nitrogen and oxygen atoms in total. The summed E-state index contributed by atoms with van der Waals surface area (Å²) in [4.78, 5) is 0. The van der Waals surface area contributed by atoms with Crippen LogP contribution in [-0.2, 0) is 49.4 Å². The van der Waals surface area contributed by atoms with Gasteiger partial charge in [0.1, 0.15) is 17.0 Å². The van der Waals surface area contributed by atoms with Gasteiger partial charge in [0.15, 0.2) is 0 Å². The van der Waals surface area contributed by atoms with Gasteiger partial charge in [-0.3, -0.25) is 0 Å². The molecule has 6 bridgehead atoms. The molecule has 38 heavy (non-hydrogen) atoms. The molecule has 4 rings (SSSR count). The molecule has 0 aromatic carbocycles. The van der Waals surface area contributed by atoms with Crippen LogP contribution < -0.4 is 5.11 Å². The number of aliphatic hydroxyl groups is 1. The molecule has 4 aliphatic rings. The first-order chi connectivity index (χ1) is 17.1. The lowest BCUT2D eigenvalue weighted by Crippen LogP contribution is -2.81. The monoisotopic (exact) mass is 703 g/mol. The van der Waals surface area contributed by atoms with Crippen molar-refractivity contribution in [2.75, 3.05) is 41.4 Å². The molecular weight excluding hydrogens is 659 g/mol. The van der Waals surface area contributed by atoms with E-state index in [1.54, 1.807) is 45.8 Å². The molecule has 4 unspecified atom stereocenters. The minimum atomic E-state index is -3.43. The predicted octanol–water partition coefficient (Wildman–Crippen LogP) is -1.99. The Bertz CT molecular complexity index is 782. The van der Waals surface area contributed by atoms with Crippen molar-refractivity contribution in [3.8, 4) is 0 Å². The van der Waals surface area contributed by atoms with Gasteiger partial charge in [-0.05, 0) is 6.55 Å². The topological polar surface area (TPSA) is 154 Å². The second-order valence-corrected chi connectivity index (χ2v) is 34.8. The van der Waals surface area contributed by atoms with Gasteiger partial charge in [-0.25, -0.2) is 0 Å². The number of likely N-dealkylation sites (N-methyl/N-ethyl adjacent to an activating group) is 1. The van der Waals surface area contributed by atoms with Gasteiger partial charge in [-0.1, -0.05) is 0 Å². The number of fused-ring (bicyclic) bond motifs is 4. The average molecular weight is 704 g/mol. The van der Waals surface area contributed by atoms with Crippen LogP contribution in [0.5, 0.6) is 0 Å². The largest absolute Gasteiger partial charge is 0.857 e. The molecule has 0 spiro atoms. The van der Waals surface area contributed by atoms with Gasteiger partial charge < -0.3 is 64.1 Å². The molecule has 4 aliphatic heterocycles. The van der Waals surface area contributed by atoms with E-state index < -0.39 is 70.9 Å². The zero-order valence-electron chi connectivity index (χ0n) is 24.7. The molecule has 4 saturated heterocycles. The number of aliphatic hydroxyl groups excluding tert-OH is 1. The minimum absolute atomic E-state index is 0.281. The van der Waals surface area contributed by atoms with Crippen LogP contribution in [0.2, 0.25) is 52.4 Å². The van der Waals surface area contributed by atoms with Crippen molar-refractivity contribution < 1.29 is 64.1 Å². The van der Waals surface area contributed by atoms with Crippen LogP contribution in [0.1, 0.15) is 0 Å². The van der Waals surface area contributed by atoms with E-state index in [4.69, 9.17) is 59.6 Å². The van der Waals surface area contributed by atoms with Gasteiger partial charge in [0, 0.05) is 45.8 Å². The summed E-state index contributed by atoms with van der Waals surface area (Å²) in [5.41, 5.74) is 0. The van der Waals surface area contributed by atoms with Crippen LogP contribution in [0.3, 0.4) is 0 Å². The molecular formula is C14H45NO14Si9. The molecule has 4 heterocycles. The van der Waals surface area contributed by atoms with Crippen molar-refractivity contribution in [2.45, 2.75) is 52.4 Å². The fraction of sp³-hybridized carbons (Fsp3) is 1.00. The predicted molar refractivity (Wildman–Crippen MR) is 153 cm³/mol. The zero-order chi connectivity index (χ0) is 29.5. The van der Waals surface area contributed by atoms with Gasteiger partial charge in [-0.15, -0.1) is 0 Å². The number of quaternary nitrogens is 1. The maximum absolute atomic E-state index is 8.39. The van der Waals surface area contributed by atoms with Crippen molar-refractivity contribution in [3.05, 3.63) is 0 Å². The maximum Gasteiger partial charge on any atom is 0.475 e. The van der Waals surface area contributed by atoms with Crippen molar-refractivity contribution in [3.63, 3.8) is 0 Å². The molecule has 24 heteroatoms. The highest BCUT2D eigenvalue weighted by Crippen LogP contribution is 2.43. The van der Waals surface area contributed by atoms with Gasteiger partial charge in [0.25, 0.3) is 0 Å². The summed E-state index contributed by atoms with van der Waals surface area (Å²) < 4.78 is 77.1. The van der Waals surface area contributed by atoms with Crippen molar-refractivity contribution in [1.82, 2.24) is 0 Å². The molecule has 0 aromatic heterocycles. The Morgan fingerprint density at radius 3 is 1.18 bits per heavy atom. The Balaban J connectivity index is 0.000000491. The fourth-order valence-corrected chi connectivity index (χ4v) is 46.9.